The van der Waals surface area contributed by atoms with Crippen LogP contribution in [0.1, 0.15) is 12.0 Å². The number of carboxylic acids is 1. The molecule has 2 N–H and O–H groups in total. The van der Waals surface area contributed by atoms with E-state index >= 15 is 0 Å². The number of thioether (sulfide) groups is 1. The van der Waals surface area contributed by atoms with Gasteiger partial charge in [-0.25, -0.2) is 4.79 Å². The quantitative estimate of drug-likeness (QED) is 0.770. The molecule has 19 heavy (non-hydrogen) atoms. The summed E-state index contributed by atoms with van der Waals surface area (Å²) in [6, 6.07) is 7.65. The van der Waals surface area contributed by atoms with Crippen molar-refractivity contribution in [1.82, 2.24) is 5.32 Å². The van der Waals surface area contributed by atoms with Gasteiger partial charge in [0.15, 0.2) is 0 Å². The molecule has 2 rings (SSSR count). The first-order valence-corrected chi connectivity index (χ1v) is 8.12. The highest BCUT2D eigenvalue weighted by molar-refractivity contribution is 14.1. The van der Waals surface area contributed by atoms with Gasteiger partial charge >= 0.3 is 5.97 Å². The fourth-order valence-electron chi connectivity index (χ4n) is 2.03. The van der Waals surface area contributed by atoms with Crippen molar-refractivity contribution in [3.8, 4) is 0 Å². The Labute approximate surface area is 129 Å². The molecule has 1 unspecified atom stereocenters. The molecule has 6 heteroatoms. The van der Waals surface area contributed by atoms with Gasteiger partial charge in [0.2, 0.25) is 5.91 Å². The first-order chi connectivity index (χ1) is 9.02. The summed E-state index contributed by atoms with van der Waals surface area (Å²) in [7, 11) is 0. The zero-order valence-electron chi connectivity index (χ0n) is 10.2. The Morgan fingerprint density at radius 3 is 2.84 bits per heavy atom. The molecule has 0 saturated carbocycles. The molecule has 1 fully saturated rings. The summed E-state index contributed by atoms with van der Waals surface area (Å²) in [5.74, 6) is 0.0522. The van der Waals surface area contributed by atoms with Gasteiger partial charge < -0.3 is 10.4 Å². The van der Waals surface area contributed by atoms with Crippen LogP contribution in [0.3, 0.4) is 0 Å². The minimum Gasteiger partial charge on any atom is -0.479 e. The molecule has 0 aliphatic carbocycles. The molecule has 4 nitrogen and oxygen atoms in total. The predicted molar refractivity (Wildman–Crippen MR) is 83.3 cm³/mol. The van der Waals surface area contributed by atoms with Gasteiger partial charge in [0.1, 0.15) is 5.54 Å². The molecule has 102 valence electrons. The Morgan fingerprint density at radius 1 is 1.47 bits per heavy atom. The van der Waals surface area contributed by atoms with Crippen molar-refractivity contribution >= 4 is 46.2 Å². The molecule has 1 atom stereocenters. The number of carbonyl (C=O) groups excluding carboxylic acids is 1. The molecule has 1 aromatic rings. The lowest BCUT2D eigenvalue weighted by Crippen LogP contribution is -2.55. The zero-order valence-corrected chi connectivity index (χ0v) is 13.2. The number of carbonyl (C=O) groups is 2. The highest BCUT2D eigenvalue weighted by Gasteiger charge is 2.43. The van der Waals surface area contributed by atoms with E-state index in [1.165, 1.54) is 0 Å². The number of nitrogens with one attached hydrogen (secondary N) is 1. The SMILES string of the molecule is O=C(Cc1cccc(I)c1)NC1(C(=O)O)CCSC1. The fraction of sp³-hybridized carbons (Fsp3) is 0.385. The second-order valence-electron chi connectivity index (χ2n) is 4.54. The molecule has 0 spiro atoms. The Hall–Kier alpha value is -0.760. The van der Waals surface area contributed by atoms with E-state index in [-0.39, 0.29) is 12.3 Å². The highest BCUT2D eigenvalue weighted by atomic mass is 127. The van der Waals surface area contributed by atoms with E-state index in [0.717, 1.165) is 14.9 Å². The van der Waals surface area contributed by atoms with Crippen LogP contribution < -0.4 is 5.32 Å². The van der Waals surface area contributed by atoms with Crippen LogP contribution >= 0.6 is 34.4 Å². The van der Waals surface area contributed by atoms with Crippen LogP contribution in [0.25, 0.3) is 0 Å². The number of amides is 1. The standard InChI is InChI=1S/C13H14INO3S/c14-10-3-1-2-9(6-10)7-11(16)15-13(12(17)18)4-5-19-8-13/h1-3,6H,4-5,7-8H2,(H,15,16)(H,17,18). The lowest BCUT2D eigenvalue weighted by Gasteiger charge is -2.24. The first-order valence-electron chi connectivity index (χ1n) is 5.88. The van der Waals surface area contributed by atoms with Gasteiger partial charge in [0, 0.05) is 9.32 Å². The molecule has 1 saturated heterocycles. The number of hydrogen-bond acceptors (Lipinski definition) is 3. The van der Waals surface area contributed by atoms with Crippen LogP contribution in [0.2, 0.25) is 0 Å². The van der Waals surface area contributed by atoms with Crippen molar-refractivity contribution in [3.05, 3.63) is 33.4 Å². The molecular formula is C13H14INO3S. The van der Waals surface area contributed by atoms with Crippen LogP contribution in [0.15, 0.2) is 24.3 Å². The number of rotatable bonds is 4. The number of benzene rings is 1. The van der Waals surface area contributed by atoms with E-state index in [4.69, 9.17) is 0 Å². The second kappa shape index (κ2) is 6.13. The number of carboxylic acid groups (broad SMARTS) is 1. The van der Waals surface area contributed by atoms with E-state index in [0.29, 0.717) is 12.2 Å². The van der Waals surface area contributed by atoms with Gasteiger partial charge in [-0.2, -0.15) is 11.8 Å². The largest absolute Gasteiger partial charge is 0.479 e. The zero-order chi connectivity index (χ0) is 13.9. The molecular weight excluding hydrogens is 377 g/mol. The van der Waals surface area contributed by atoms with Gasteiger partial charge in [-0.05, 0) is 52.5 Å². The summed E-state index contributed by atoms with van der Waals surface area (Å²) >= 11 is 3.75. The van der Waals surface area contributed by atoms with Crippen molar-refractivity contribution in [2.75, 3.05) is 11.5 Å². The maximum Gasteiger partial charge on any atom is 0.330 e. The monoisotopic (exact) mass is 391 g/mol. The summed E-state index contributed by atoms with van der Waals surface area (Å²) in [5, 5.41) is 12.0. The third-order valence-corrected chi connectivity index (χ3v) is 4.92. The maximum absolute atomic E-state index is 12.0. The lowest BCUT2D eigenvalue weighted by molar-refractivity contribution is -0.146. The minimum atomic E-state index is -1.08. The van der Waals surface area contributed by atoms with Crippen molar-refractivity contribution in [2.45, 2.75) is 18.4 Å². The number of hydrogen-bond donors (Lipinski definition) is 2. The van der Waals surface area contributed by atoms with Crippen molar-refractivity contribution in [2.24, 2.45) is 0 Å². The third-order valence-electron chi connectivity index (χ3n) is 3.06. The highest BCUT2D eigenvalue weighted by Crippen LogP contribution is 2.28. The average Bonchev–Trinajstić information content (AvgIpc) is 2.78. The van der Waals surface area contributed by atoms with Crippen LogP contribution in [0, 0.1) is 3.57 Å². The fourth-order valence-corrected chi connectivity index (χ4v) is 3.96. The smallest absolute Gasteiger partial charge is 0.330 e. The number of aliphatic carboxylic acids is 1. The summed E-state index contributed by atoms with van der Waals surface area (Å²) in [6.45, 7) is 0. The van der Waals surface area contributed by atoms with E-state index in [1.54, 1.807) is 11.8 Å². The molecule has 1 aliphatic rings. The first kappa shape index (κ1) is 14.6. The maximum atomic E-state index is 12.0. The topological polar surface area (TPSA) is 66.4 Å². The molecule has 1 aliphatic heterocycles. The van der Waals surface area contributed by atoms with Gasteiger partial charge in [-0.3, -0.25) is 4.79 Å². The number of halogens is 1. The normalized spacial score (nSPS) is 22.2. The van der Waals surface area contributed by atoms with Gasteiger partial charge in [0.25, 0.3) is 0 Å². The second-order valence-corrected chi connectivity index (χ2v) is 6.90. The molecule has 1 heterocycles. The van der Waals surface area contributed by atoms with E-state index in [2.05, 4.69) is 27.9 Å². The van der Waals surface area contributed by atoms with Crippen LogP contribution in [0.5, 0.6) is 0 Å². The average molecular weight is 391 g/mol. The Bertz CT molecular complexity index is 500. The van der Waals surface area contributed by atoms with E-state index < -0.39 is 11.5 Å². The van der Waals surface area contributed by atoms with E-state index in [9.17, 15) is 14.7 Å². The molecule has 0 bridgehead atoms. The van der Waals surface area contributed by atoms with Gasteiger partial charge in [-0.1, -0.05) is 12.1 Å². The Kier molecular flexibility index (Phi) is 4.72. The summed E-state index contributed by atoms with van der Waals surface area (Å²) in [5.41, 5.74) is -0.181. The van der Waals surface area contributed by atoms with Crippen LogP contribution in [-0.4, -0.2) is 34.0 Å². The third kappa shape index (κ3) is 3.62. The van der Waals surface area contributed by atoms with Gasteiger partial charge in [-0.15, -0.1) is 0 Å². The summed E-state index contributed by atoms with van der Waals surface area (Å²) in [6.07, 6.45) is 0.710. The predicted octanol–water partition coefficient (Wildman–Crippen LogP) is 1.91. The van der Waals surface area contributed by atoms with Crippen LogP contribution in [0.4, 0.5) is 0 Å². The summed E-state index contributed by atoms with van der Waals surface area (Å²) < 4.78 is 1.06. The molecule has 1 aromatic carbocycles. The minimum absolute atomic E-state index is 0.219. The molecule has 1 amide bonds. The van der Waals surface area contributed by atoms with Crippen LogP contribution in [-0.2, 0) is 16.0 Å². The Morgan fingerprint density at radius 2 is 2.26 bits per heavy atom. The Balaban J connectivity index is 2.02. The van der Waals surface area contributed by atoms with Crippen molar-refractivity contribution < 1.29 is 14.7 Å². The molecule has 0 radical (unpaired) electrons. The summed E-state index contributed by atoms with van der Waals surface area (Å²) in [4.78, 5) is 23.3. The molecule has 0 aromatic heterocycles. The van der Waals surface area contributed by atoms with Gasteiger partial charge in [0.05, 0.1) is 6.42 Å². The van der Waals surface area contributed by atoms with E-state index in [1.807, 2.05) is 24.3 Å². The van der Waals surface area contributed by atoms with Crippen molar-refractivity contribution in [1.29, 1.82) is 0 Å². The van der Waals surface area contributed by atoms with Crippen molar-refractivity contribution in [3.63, 3.8) is 0 Å². The lowest BCUT2D eigenvalue weighted by atomic mass is 9.98.